The molecule has 0 aliphatic heterocycles. The average molecular weight is 957 g/mol. The molecule has 6 atom stereocenters. The Kier molecular flexibility index (Phi) is 40.9. The number of ether oxygens (including phenoxy) is 2. The SMILES string of the molecule is CC/C=C\C/C=C\C/C=C\CCCCCCCCOCC(COP(=O)(O)OC1C(O)C(O)C(O)C(O)C1O)OC(=O)CCCCCCCCCCCCC/C=C\CCCCCCCCCC. The van der Waals surface area contributed by atoms with Gasteiger partial charge in [0, 0.05) is 13.0 Å². The molecule has 1 saturated carbocycles. The number of esters is 1. The summed E-state index contributed by atoms with van der Waals surface area (Å²) >= 11 is 0. The van der Waals surface area contributed by atoms with E-state index in [1.165, 1.54) is 109 Å². The van der Waals surface area contributed by atoms with E-state index in [9.17, 15) is 39.8 Å². The highest BCUT2D eigenvalue weighted by atomic mass is 31.2. The van der Waals surface area contributed by atoms with Crippen LogP contribution in [0, 0.1) is 0 Å². The van der Waals surface area contributed by atoms with Gasteiger partial charge in [0.1, 0.15) is 42.7 Å². The molecule has 0 saturated heterocycles. The molecule has 1 rings (SSSR count). The summed E-state index contributed by atoms with van der Waals surface area (Å²) in [7, 11) is -5.03. The number of aliphatic hydroxyl groups is 5. The summed E-state index contributed by atoms with van der Waals surface area (Å²) in [5.74, 6) is -0.482. The van der Waals surface area contributed by atoms with Gasteiger partial charge in [-0.25, -0.2) is 4.57 Å². The maximum atomic E-state index is 12.9. The van der Waals surface area contributed by atoms with E-state index in [4.69, 9.17) is 18.5 Å². The summed E-state index contributed by atoms with van der Waals surface area (Å²) in [6.45, 7) is 4.14. The fraction of sp³-hybridized carbons (Fsp3) is 0.830. The van der Waals surface area contributed by atoms with Gasteiger partial charge in [-0.1, -0.05) is 191 Å². The molecule has 0 aromatic rings. The van der Waals surface area contributed by atoms with Crippen LogP contribution in [0.2, 0.25) is 0 Å². The second kappa shape index (κ2) is 43.3. The van der Waals surface area contributed by atoms with Crippen LogP contribution in [0.4, 0.5) is 0 Å². The van der Waals surface area contributed by atoms with Gasteiger partial charge in [-0.3, -0.25) is 13.8 Å². The third-order valence-corrected chi connectivity index (χ3v) is 13.2. The Morgan fingerprint density at radius 3 is 1.38 bits per heavy atom. The van der Waals surface area contributed by atoms with E-state index in [0.717, 1.165) is 83.5 Å². The number of phosphoric ester groups is 1. The van der Waals surface area contributed by atoms with Gasteiger partial charge in [0.25, 0.3) is 0 Å². The monoisotopic (exact) mass is 957 g/mol. The Morgan fingerprint density at radius 1 is 0.500 bits per heavy atom. The van der Waals surface area contributed by atoms with Crippen LogP contribution in [0.5, 0.6) is 0 Å². The topological polar surface area (TPSA) is 192 Å². The normalized spacial score (nSPS) is 21.8. The lowest BCUT2D eigenvalue weighted by molar-refractivity contribution is -0.220. The van der Waals surface area contributed by atoms with Crippen LogP contribution in [0.15, 0.2) is 48.6 Å². The van der Waals surface area contributed by atoms with Gasteiger partial charge in [-0.05, 0) is 70.6 Å². The van der Waals surface area contributed by atoms with E-state index >= 15 is 0 Å². The summed E-state index contributed by atoms with van der Waals surface area (Å²) in [4.78, 5) is 23.3. The minimum absolute atomic E-state index is 0.0859. The van der Waals surface area contributed by atoms with Crippen LogP contribution in [0.1, 0.15) is 219 Å². The van der Waals surface area contributed by atoms with Gasteiger partial charge in [0.15, 0.2) is 0 Å². The van der Waals surface area contributed by atoms with Crippen LogP contribution in [0.25, 0.3) is 0 Å². The molecule has 1 fully saturated rings. The van der Waals surface area contributed by atoms with Crippen molar-refractivity contribution in [2.24, 2.45) is 0 Å². The van der Waals surface area contributed by atoms with Crippen molar-refractivity contribution in [1.82, 2.24) is 0 Å². The van der Waals surface area contributed by atoms with Crippen LogP contribution in [-0.4, -0.2) is 98.9 Å². The number of rotatable bonds is 45. The second-order valence-corrected chi connectivity index (χ2v) is 19.7. The number of carbonyl (C=O) groups is 1. The van der Waals surface area contributed by atoms with E-state index in [0.29, 0.717) is 13.0 Å². The minimum atomic E-state index is -5.03. The van der Waals surface area contributed by atoms with Crippen molar-refractivity contribution in [3.63, 3.8) is 0 Å². The maximum Gasteiger partial charge on any atom is 0.472 e. The minimum Gasteiger partial charge on any atom is -0.457 e. The summed E-state index contributed by atoms with van der Waals surface area (Å²) in [5, 5.41) is 50.3. The predicted molar refractivity (Wildman–Crippen MR) is 267 cm³/mol. The fourth-order valence-electron chi connectivity index (χ4n) is 8.01. The molecule has 0 aromatic heterocycles. The smallest absolute Gasteiger partial charge is 0.457 e. The lowest BCUT2D eigenvalue weighted by atomic mass is 9.85. The molecule has 12 nitrogen and oxygen atoms in total. The predicted octanol–water partition coefficient (Wildman–Crippen LogP) is 12.0. The summed E-state index contributed by atoms with van der Waals surface area (Å²) in [6, 6.07) is 0. The Hall–Kier alpha value is -1.70. The molecule has 66 heavy (non-hydrogen) atoms. The van der Waals surface area contributed by atoms with E-state index < -0.39 is 63.1 Å². The van der Waals surface area contributed by atoms with E-state index in [2.05, 4.69) is 62.5 Å². The van der Waals surface area contributed by atoms with Crippen LogP contribution < -0.4 is 0 Å². The van der Waals surface area contributed by atoms with Crippen molar-refractivity contribution in [1.29, 1.82) is 0 Å². The molecular weight excluding hydrogens is 860 g/mol. The molecule has 6 unspecified atom stereocenters. The molecule has 0 spiro atoms. The highest BCUT2D eigenvalue weighted by Gasteiger charge is 2.51. The third kappa shape index (κ3) is 34.6. The van der Waals surface area contributed by atoms with Gasteiger partial charge in [-0.2, -0.15) is 0 Å². The molecule has 0 aromatic carbocycles. The molecule has 386 valence electrons. The number of aliphatic hydroxyl groups excluding tert-OH is 5. The first kappa shape index (κ1) is 62.3. The summed E-state index contributed by atoms with van der Waals surface area (Å²) in [5.41, 5.74) is 0. The Morgan fingerprint density at radius 2 is 0.894 bits per heavy atom. The maximum absolute atomic E-state index is 12.9. The van der Waals surface area contributed by atoms with Crippen molar-refractivity contribution in [3.05, 3.63) is 48.6 Å². The van der Waals surface area contributed by atoms with Crippen LogP contribution in [0.3, 0.4) is 0 Å². The number of allylic oxidation sites excluding steroid dienone is 8. The largest absolute Gasteiger partial charge is 0.472 e. The molecule has 0 radical (unpaired) electrons. The lowest BCUT2D eigenvalue weighted by Gasteiger charge is -2.41. The zero-order valence-electron chi connectivity index (χ0n) is 41.5. The van der Waals surface area contributed by atoms with Gasteiger partial charge in [0.05, 0.1) is 13.2 Å². The van der Waals surface area contributed by atoms with Gasteiger partial charge in [-0.15, -0.1) is 0 Å². The van der Waals surface area contributed by atoms with Gasteiger partial charge in [0.2, 0.25) is 0 Å². The molecular formula is C53H97O12P. The first-order valence-electron chi connectivity index (χ1n) is 26.5. The second-order valence-electron chi connectivity index (χ2n) is 18.3. The van der Waals surface area contributed by atoms with Crippen molar-refractivity contribution in [2.75, 3.05) is 19.8 Å². The molecule has 6 N–H and O–H groups in total. The molecule has 13 heteroatoms. The van der Waals surface area contributed by atoms with Gasteiger partial charge < -0.3 is 39.9 Å². The number of unbranched alkanes of at least 4 members (excludes halogenated alkanes) is 25. The highest BCUT2D eigenvalue weighted by Crippen LogP contribution is 2.47. The number of hydrogen-bond donors (Lipinski definition) is 6. The highest BCUT2D eigenvalue weighted by molar-refractivity contribution is 7.47. The number of phosphoric acid groups is 1. The summed E-state index contributed by atoms with van der Waals surface area (Å²) in [6.07, 6.45) is 41.8. The number of hydrogen-bond acceptors (Lipinski definition) is 11. The van der Waals surface area contributed by atoms with Crippen molar-refractivity contribution in [3.8, 4) is 0 Å². The number of carbonyl (C=O) groups excluding carboxylic acids is 1. The van der Waals surface area contributed by atoms with E-state index in [1.807, 2.05) is 0 Å². The zero-order chi connectivity index (χ0) is 48.4. The average Bonchev–Trinajstić information content (AvgIpc) is 3.30. The zero-order valence-corrected chi connectivity index (χ0v) is 42.4. The molecule has 0 amide bonds. The Balaban J connectivity index is 2.31. The van der Waals surface area contributed by atoms with Crippen LogP contribution >= 0.6 is 7.82 Å². The first-order valence-corrected chi connectivity index (χ1v) is 28.0. The summed E-state index contributed by atoms with van der Waals surface area (Å²) < 4.78 is 34.3. The fourth-order valence-corrected chi connectivity index (χ4v) is 8.99. The molecule has 0 heterocycles. The Bertz CT molecular complexity index is 1270. The quantitative estimate of drug-likeness (QED) is 0.0147. The first-order chi connectivity index (χ1) is 32.0. The Labute approximate surface area is 401 Å². The molecule has 1 aliphatic carbocycles. The third-order valence-electron chi connectivity index (χ3n) is 12.2. The van der Waals surface area contributed by atoms with Gasteiger partial charge >= 0.3 is 13.8 Å². The van der Waals surface area contributed by atoms with Crippen LogP contribution in [-0.2, 0) is 27.9 Å². The van der Waals surface area contributed by atoms with Crippen molar-refractivity contribution < 1.29 is 58.3 Å². The standard InChI is InChI=1S/C53H97O12P/c1-3-5-7-9-11-13-15-17-19-21-22-23-24-25-26-27-28-30-32-34-36-38-40-42-47(54)64-46(45-63-66(60,61)65-53-51(58)49(56)48(55)50(57)52(53)59)44-62-43-41-39-37-35-33-31-29-20-18-16-14-12-10-8-6-4-2/h6,8,12,14,18,20-22,46,48-53,55-59H,3-5,7,9-11,13,15-17,19,23-45H2,1-2H3,(H,60,61)/b8-6-,14-12-,20-18-,22-21-. The lowest BCUT2D eigenvalue weighted by Crippen LogP contribution is -2.64. The van der Waals surface area contributed by atoms with E-state index in [-0.39, 0.29) is 13.0 Å². The molecule has 0 bridgehead atoms. The van der Waals surface area contributed by atoms with Crippen molar-refractivity contribution in [2.45, 2.75) is 262 Å². The molecule has 1 aliphatic rings. The van der Waals surface area contributed by atoms with E-state index in [1.54, 1.807) is 0 Å². The van der Waals surface area contributed by atoms with Crippen molar-refractivity contribution >= 4 is 13.8 Å².